The van der Waals surface area contributed by atoms with Crippen LogP contribution in [0.2, 0.25) is 0 Å². The summed E-state index contributed by atoms with van der Waals surface area (Å²) in [6.07, 6.45) is 4.78. The Bertz CT molecular complexity index is 1400. The molecule has 12 heteroatoms. The van der Waals surface area contributed by atoms with Crippen molar-refractivity contribution in [3.63, 3.8) is 0 Å². The molecule has 1 unspecified atom stereocenters. The molecule has 0 radical (unpaired) electrons. The molecule has 3 aromatic rings. The lowest BCUT2D eigenvalue weighted by molar-refractivity contribution is -0.142. The highest BCUT2D eigenvalue weighted by molar-refractivity contribution is 6.18. The molecule has 1 heterocycles. The highest BCUT2D eigenvalue weighted by atomic mass is 16.5. The molecule has 0 saturated heterocycles. The van der Waals surface area contributed by atoms with Gasteiger partial charge in [-0.15, -0.1) is 0 Å². The topological polar surface area (TPSA) is 189 Å². The maximum absolute atomic E-state index is 13.5. The summed E-state index contributed by atoms with van der Waals surface area (Å²) >= 11 is 0. The van der Waals surface area contributed by atoms with Crippen molar-refractivity contribution in [1.82, 2.24) is 25.9 Å². The van der Waals surface area contributed by atoms with Crippen molar-refractivity contribution < 1.29 is 29.0 Å². The van der Waals surface area contributed by atoms with E-state index in [1.54, 1.807) is 18.2 Å². The molecule has 12 nitrogen and oxygen atoms in total. The third-order valence-electron chi connectivity index (χ3n) is 7.91. The number of amides is 3. The van der Waals surface area contributed by atoms with Crippen LogP contribution in [0.5, 0.6) is 0 Å². The van der Waals surface area contributed by atoms with Crippen molar-refractivity contribution in [2.75, 3.05) is 13.2 Å². The van der Waals surface area contributed by atoms with E-state index in [1.807, 2.05) is 31.2 Å². The van der Waals surface area contributed by atoms with Gasteiger partial charge in [-0.05, 0) is 55.7 Å². The maximum Gasteiger partial charge on any atom is 0.408 e. The second kappa shape index (κ2) is 14.6. The number of Topliss-reactive ketones (excluding diaryl/α,β-unsaturated/α-hetero) is 1. The monoisotopic (exact) mass is 592 g/mol. The summed E-state index contributed by atoms with van der Waals surface area (Å²) in [5.41, 5.74) is 5.72. The first-order valence-electron chi connectivity index (χ1n) is 14.7. The Morgan fingerprint density at radius 2 is 1.79 bits per heavy atom. The van der Waals surface area contributed by atoms with Crippen molar-refractivity contribution in [2.45, 2.75) is 70.0 Å². The average molecular weight is 593 g/mol. The number of rotatable bonds is 13. The Balaban J connectivity index is 1.31. The molecule has 3 amide bonds. The number of ether oxygens (including phenoxy) is 1. The van der Waals surface area contributed by atoms with Crippen LogP contribution in [0.25, 0.3) is 11.0 Å². The number of aliphatic carboxylic acids is 1. The number of para-hydroxylation sites is 2. The number of carbonyl (C=O) groups excluding carboxylic acids is 3. The molecule has 4 rings (SSSR count). The Morgan fingerprint density at radius 1 is 1.07 bits per heavy atom. The van der Waals surface area contributed by atoms with Crippen LogP contribution in [0, 0.1) is 5.92 Å². The molecule has 43 heavy (non-hydrogen) atoms. The number of fused-ring (bicyclic) bond motifs is 1. The average Bonchev–Trinajstić information content (AvgIpc) is 3.42. The number of ketones is 1. The van der Waals surface area contributed by atoms with E-state index in [4.69, 9.17) is 10.5 Å². The van der Waals surface area contributed by atoms with Crippen LogP contribution in [-0.4, -0.2) is 63.7 Å². The summed E-state index contributed by atoms with van der Waals surface area (Å²) in [7, 11) is 0. The first-order chi connectivity index (χ1) is 20.8. The van der Waals surface area contributed by atoms with Crippen molar-refractivity contribution in [2.24, 2.45) is 11.7 Å². The van der Waals surface area contributed by atoms with E-state index in [9.17, 15) is 24.3 Å². The summed E-state index contributed by atoms with van der Waals surface area (Å²) in [5.74, 6) is -1.05. The van der Waals surface area contributed by atoms with Gasteiger partial charge in [-0.25, -0.2) is 19.4 Å². The third-order valence-corrected chi connectivity index (χ3v) is 7.91. The number of carboxylic acids is 1. The molecule has 230 valence electrons. The first-order valence-corrected chi connectivity index (χ1v) is 14.7. The fraction of sp³-hybridized carbons (Fsp3) is 0.452. The van der Waals surface area contributed by atoms with Gasteiger partial charge in [0.1, 0.15) is 5.82 Å². The molecule has 2 aromatic carbocycles. The Kier molecular flexibility index (Phi) is 10.7. The molecule has 1 aliphatic rings. The number of nitrogens with one attached hydrogen (secondary N) is 4. The molecule has 1 aromatic heterocycles. The van der Waals surface area contributed by atoms with Crippen LogP contribution in [-0.2, 0) is 22.5 Å². The zero-order chi connectivity index (χ0) is 30.8. The molecule has 1 fully saturated rings. The summed E-state index contributed by atoms with van der Waals surface area (Å²) in [6.45, 7) is 1.27. The predicted octanol–water partition coefficient (Wildman–Crippen LogP) is 3.65. The molecule has 1 saturated carbocycles. The number of aromatic amines is 1. The van der Waals surface area contributed by atoms with E-state index in [-0.39, 0.29) is 30.8 Å². The number of aromatic nitrogens is 2. The Morgan fingerprint density at radius 3 is 2.49 bits per heavy atom. The number of urea groups is 1. The summed E-state index contributed by atoms with van der Waals surface area (Å²) < 4.78 is 5.01. The number of nitrogens with two attached hydrogens (primary N) is 1. The number of hydrogen-bond donors (Lipinski definition) is 6. The van der Waals surface area contributed by atoms with Gasteiger partial charge in [0.2, 0.25) is 11.3 Å². The largest absolute Gasteiger partial charge is 0.479 e. The van der Waals surface area contributed by atoms with Crippen LogP contribution in [0.1, 0.15) is 67.2 Å². The van der Waals surface area contributed by atoms with Crippen LogP contribution in [0.15, 0.2) is 48.5 Å². The molecular formula is C31H40N6O6. The zero-order valence-corrected chi connectivity index (χ0v) is 24.4. The number of hydrogen-bond acceptors (Lipinski definition) is 7. The van der Waals surface area contributed by atoms with Gasteiger partial charge in [0.25, 0.3) is 0 Å². The fourth-order valence-corrected chi connectivity index (χ4v) is 5.38. The van der Waals surface area contributed by atoms with Crippen molar-refractivity contribution >= 4 is 34.9 Å². The summed E-state index contributed by atoms with van der Waals surface area (Å²) in [5, 5.41) is 17.9. The van der Waals surface area contributed by atoms with E-state index >= 15 is 0 Å². The number of unbranched alkanes of at least 4 members (excludes halogenated alkanes) is 1. The summed E-state index contributed by atoms with van der Waals surface area (Å²) in [6, 6.07) is 13.9. The zero-order valence-electron chi connectivity index (χ0n) is 24.4. The van der Waals surface area contributed by atoms with Crippen LogP contribution >= 0.6 is 0 Å². The van der Waals surface area contributed by atoms with Gasteiger partial charge >= 0.3 is 18.1 Å². The normalized spacial score (nSPS) is 17.9. The van der Waals surface area contributed by atoms with Gasteiger partial charge in [-0.3, -0.25) is 10.1 Å². The van der Waals surface area contributed by atoms with E-state index in [1.165, 1.54) is 6.07 Å². The minimum Gasteiger partial charge on any atom is -0.479 e. The van der Waals surface area contributed by atoms with Gasteiger partial charge in [-0.1, -0.05) is 49.7 Å². The minimum atomic E-state index is -2.43. The maximum atomic E-state index is 13.5. The standard InChI is InChI=1S/C31H40N6O6/c1-2-3-16-43-30(42)37-31(19-32,28(39)40)27(38)23-9-5-4-8-21(23)18-33-29(41)34-22-14-12-20(13-15-22)17-26-35-24-10-6-7-11-25(24)36-26/h4-11,20,22H,2-3,12-19,32H2,1H3,(H,35,36)(H,37,42)(H,39,40)(H2,33,34,41). The first kappa shape index (κ1) is 31.5. The van der Waals surface area contributed by atoms with Gasteiger partial charge in [-0.2, -0.15) is 0 Å². The predicted molar refractivity (Wildman–Crippen MR) is 161 cm³/mol. The molecule has 1 aliphatic carbocycles. The van der Waals surface area contributed by atoms with Crippen molar-refractivity contribution in [3.8, 4) is 0 Å². The highest BCUT2D eigenvalue weighted by Crippen LogP contribution is 2.27. The van der Waals surface area contributed by atoms with Gasteiger partial charge in [0.15, 0.2) is 0 Å². The molecule has 0 aliphatic heterocycles. The molecule has 7 N–H and O–H groups in total. The van der Waals surface area contributed by atoms with Gasteiger partial charge in [0, 0.05) is 31.1 Å². The van der Waals surface area contributed by atoms with Crippen LogP contribution < -0.4 is 21.7 Å². The number of benzene rings is 2. The second-order valence-electron chi connectivity index (χ2n) is 11.0. The van der Waals surface area contributed by atoms with Crippen molar-refractivity contribution in [1.29, 1.82) is 0 Å². The van der Waals surface area contributed by atoms with Crippen molar-refractivity contribution in [3.05, 3.63) is 65.5 Å². The quantitative estimate of drug-likeness (QED) is 0.0985. The molecule has 0 bridgehead atoms. The number of carboxylic acid groups (broad SMARTS) is 1. The number of carbonyl (C=O) groups is 4. The molecule has 1 atom stereocenters. The highest BCUT2D eigenvalue weighted by Gasteiger charge is 2.48. The number of H-pyrrole nitrogens is 1. The third kappa shape index (κ3) is 7.89. The fourth-order valence-electron chi connectivity index (χ4n) is 5.38. The lowest BCUT2D eigenvalue weighted by Gasteiger charge is -2.29. The van der Waals surface area contributed by atoms with E-state index in [2.05, 4.69) is 25.9 Å². The lowest BCUT2D eigenvalue weighted by atomic mass is 9.84. The molecular weight excluding hydrogens is 552 g/mol. The summed E-state index contributed by atoms with van der Waals surface area (Å²) in [4.78, 5) is 58.9. The number of imidazole rings is 1. The number of nitrogens with zero attached hydrogens (tertiary/aromatic N) is 1. The molecule has 0 spiro atoms. The SMILES string of the molecule is CCCCOC(=O)NC(CN)(C(=O)O)C(=O)c1ccccc1CNC(=O)NC1CCC(Cc2nc3ccccc3[nH]2)CC1. The van der Waals surface area contributed by atoms with E-state index in [0.717, 1.165) is 55.4 Å². The van der Waals surface area contributed by atoms with Gasteiger partial charge < -0.3 is 31.2 Å². The number of alkyl carbamates (subject to hydrolysis) is 1. The lowest BCUT2D eigenvalue weighted by Crippen LogP contribution is -2.64. The minimum absolute atomic E-state index is 0.0172. The van der Waals surface area contributed by atoms with Gasteiger partial charge in [0.05, 0.1) is 17.6 Å². The van der Waals surface area contributed by atoms with E-state index < -0.39 is 29.9 Å². The van der Waals surface area contributed by atoms with E-state index in [0.29, 0.717) is 17.9 Å². The second-order valence-corrected chi connectivity index (χ2v) is 11.0. The Hall–Kier alpha value is -4.45. The van der Waals surface area contributed by atoms with Crippen LogP contribution in [0.4, 0.5) is 9.59 Å². The van der Waals surface area contributed by atoms with Crippen LogP contribution in [0.3, 0.4) is 0 Å². The smallest absolute Gasteiger partial charge is 0.408 e. The Labute approximate surface area is 250 Å².